The van der Waals surface area contributed by atoms with E-state index < -0.39 is 0 Å². The molecule has 0 aromatic heterocycles. The zero-order valence-corrected chi connectivity index (χ0v) is 13.5. The van der Waals surface area contributed by atoms with E-state index in [2.05, 4.69) is 0 Å². The largest absolute Gasteiger partial charge is 0.382 e. The van der Waals surface area contributed by atoms with Crippen molar-refractivity contribution >= 4 is 11.8 Å². The lowest BCUT2D eigenvalue weighted by Crippen LogP contribution is -2.09. The number of hydrogen-bond acceptors (Lipinski definition) is 6. The zero-order valence-electron chi connectivity index (χ0n) is 12.7. The number of benzene rings is 1. The maximum atomic E-state index is 8.97. The standard InChI is InChI=1S/C16H20N2O3S/c1-19-6-7-21-9-8-20-5-2-10-22-16-4-3-14(12-17)15(11-16)13-18/h3-4,11H,2,5-10H2,1H3. The highest BCUT2D eigenvalue weighted by molar-refractivity contribution is 7.99. The Bertz CT molecular complexity index is 523. The first-order valence-electron chi connectivity index (χ1n) is 7.03. The third kappa shape index (κ3) is 7.44. The number of thioether (sulfide) groups is 1. The molecule has 0 aliphatic heterocycles. The first-order valence-corrected chi connectivity index (χ1v) is 8.02. The SMILES string of the molecule is COCCOCCOCCCSc1ccc(C#N)c(C#N)c1. The van der Waals surface area contributed by atoms with Crippen LogP contribution >= 0.6 is 11.8 Å². The van der Waals surface area contributed by atoms with Crippen molar-refractivity contribution in [3.8, 4) is 12.1 Å². The first kappa shape index (κ1) is 18.5. The second kappa shape index (κ2) is 12.0. The van der Waals surface area contributed by atoms with Crippen LogP contribution in [0, 0.1) is 22.7 Å². The van der Waals surface area contributed by atoms with E-state index in [0.717, 1.165) is 17.1 Å². The Balaban J connectivity index is 2.10. The molecule has 5 nitrogen and oxygen atoms in total. The third-order valence-corrected chi connectivity index (χ3v) is 3.82. The quantitative estimate of drug-likeness (QED) is 0.461. The van der Waals surface area contributed by atoms with Crippen LogP contribution in [-0.4, -0.2) is 45.9 Å². The van der Waals surface area contributed by atoms with Crippen LogP contribution in [0.3, 0.4) is 0 Å². The number of ether oxygens (including phenoxy) is 3. The summed E-state index contributed by atoms with van der Waals surface area (Å²) in [5.74, 6) is 0.904. The normalized spacial score (nSPS) is 10.1. The molecule has 0 amide bonds. The number of hydrogen-bond donors (Lipinski definition) is 0. The molecule has 0 N–H and O–H groups in total. The predicted molar refractivity (Wildman–Crippen MR) is 84.7 cm³/mol. The molecule has 0 aliphatic rings. The second-order valence-corrected chi connectivity index (χ2v) is 5.52. The summed E-state index contributed by atoms with van der Waals surface area (Å²) in [5, 5.41) is 17.8. The van der Waals surface area contributed by atoms with Crippen molar-refractivity contribution in [3.05, 3.63) is 29.3 Å². The molecule has 0 unspecified atom stereocenters. The van der Waals surface area contributed by atoms with Crippen LogP contribution in [0.25, 0.3) is 0 Å². The van der Waals surface area contributed by atoms with Crippen molar-refractivity contribution in [2.24, 2.45) is 0 Å². The lowest BCUT2D eigenvalue weighted by atomic mass is 10.1. The van der Waals surface area contributed by atoms with Crippen molar-refractivity contribution in [3.63, 3.8) is 0 Å². The lowest BCUT2D eigenvalue weighted by Gasteiger charge is -2.06. The van der Waals surface area contributed by atoms with E-state index in [4.69, 9.17) is 24.7 Å². The summed E-state index contributed by atoms with van der Waals surface area (Å²) in [6.45, 7) is 3.05. The highest BCUT2D eigenvalue weighted by Crippen LogP contribution is 2.21. The van der Waals surface area contributed by atoms with Gasteiger partial charge in [0.1, 0.15) is 12.1 Å². The molecule has 1 aromatic rings. The topological polar surface area (TPSA) is 75.3 Å². The summed E-state index contributed by atoms with van der Waals surface area (Å²) in [4.78, 5) is 0.999. The summed E-state index contributed by atoms with van der Waals surface area (Å²) in [7, 11) is 1.64. The van der Waals surface area contributed by atoms with Crippen LogP contribution in [0.5, 0.6) is 0 Å². The summed E-state index contributed by atoms with van der Waals surface area (Å²) in [5.41, 5.74) is 0.848. The highest BCUT2D eigenvalue weighted by Gasteiger charge is 2.03. The molecule has 0 heterocycles. The van der Waals surface area contributed by atoms with Gasteiger partial charge in [-0.3, -0.25) is 0 Å². The summed E-state index contributed by atoms with van der Waals surface area (Å²) in [6.07, 6.45) is 0.921. The number of nitrogens with zero attached hydrogens (tertiary/aromatic N) is 2. The van der Waals surface area contributed by atoms with Crippen molar-refractivity contribution in [2.45, 2.75) is 11.3 Å². The molecule has 0 bridgehead atoms. The van der Waals surface area contributed by atoms with Gasteiger partial charge in [-0.25, -0.2) is 0 Å². The monoisotopic (exact) mass is 320 g/mol. The fraction of sp³-hybridized carbons (Fsp3) is 0.500. The van der Waals surface area contributed by atoms with Crippen LogP contribution in [0.2, 0.25) is 0 Å². The molecule has 0 spiro atoms. The minimum atomic E-state index is 0.420. The van der Waals surface area contributed by atoms with Gasteiger partial charge >= 0.3 is 0 Å². The molecule has 1 aromatic carbocycles. The van der Waals surface area contributed by atoms with Crippen LogP contribution < -0.4 is 0 Å². The van der Waals surface area contributed by atoms with E-state index in [-0.39, 0.29) is 0 Å². The minimum Gasteiger partial charge on any atom is -0.382 e. The van der Waals surface area contributed by atoms with Gasteiger partial charge in [-0.15, -0.1) is 11.8 Å². The van der Waals surface area contributed by atoms with Crippen LogP contribution in [0.1, 0.15) is 17.5 Å². The maximum Gasteiger partial charge on any atom is 0.101 e. The molecule has 118 valence electrons. The Morgan fingerprint density at radius 3 is 2.32 bits per heavy atom. The van der Waals surface area contributed by atoms with Gasteiger partial charge in [0, 0.05) is 24.4 Å². The van der Waals surface area contributed by atoms with Crippen LogP contribution in [0.15, 0.2) is 23.1 Å². The van der Waals surface area contributed by atoms with E-state index in [0.29, 0.717) is 44.2 Å². The lowest BCUT2D eigenvalue weighted by molar-refractivity contribution is 0.0252. The van der Waals surface area contributed by atoms with Crippen molar-refractivity contribution < 1.29 is 14.2 Å². The van der Waals surface area contributed by atoms with Gasteiger partial charge in [-0.2, -0.15) is 10.5 Å². The molecular formula is C16H20N2O3S. The molecule has 22 heavy (non-hydrogen) atoms. The predicted octanol–water partition coefficient (Wildman–Crippen LogP) is 2.59. The minimum absolute atomic E-state index is 0.420. The van der Waals surface area contributed by atoms with E-state index in [1.807, 2.05) is 18.2 Å². The number of rotatable bonds is 11. The number of nitriles is 2. The molecule has 1 rings (SSSR count). The Labute approximate surface area is 135 Å². The summed E-state index contributed by atoms with van der Waals surface area (Å²) >= 11 is 1.66. The maximum absolute atomic E-state index is 8.97. The van der Waals surface area contributed by atoms with E-state index >= 15 is 0 Å². The zero-order chi connectivity index (χ0) is 16.0. The van der Waals surface area contributed by atoms with E-state index in [1.54, 1.807) is 31.0 Å². The van der Waals surface area contributed by atoms with Crippen molar-refractivity contribution in [1.29, 1.82) is 10.5 Å². The average molecular weight is 320 g/mol. The smallest absolute Gasteiger partial charge is 0.101 e. The van der Waals surface area contributed by atoms with Gasteiger partial charge in [-0.1, -0.05) is 0 Å². The molecule has 0 aliphatic carbocycles. The molecule has 0 radical (unpaired) electrons. The summed E-state index contributed by atoms with van der Waals surface area (Å²) in [6, 6.07) is 9.37. The summed E-state index contributed by atoms with van der Waals surface area (Å²) < 4.78 is 15.6. The Kier molecular flexibility index (Phi) is 10.1. The Morgan fingerprint density at radius 1 is 0.955 bits per heavy atom. The molecule has 6 heteroatoms. The molecule has 0 saturated carbocycles. The van der Waals surface area contributed by atoms with Gasteiger partial charge < -0.3 is 14.2 Å². The van der Waals surface area contributed by atoms with Gasteiger partial charge in [0.15, 0.2) is 0 Å². The van der Waals surface area contributed by atoms with Gasteiger partial charge in [0.25, 0.3) is 0 Å². The fourth-order valence-corrected chi connectivity index (χ4v) is 2.48. The van der Waals surface area contributed by atoms with E-state index in [1.165, 1.54) is 0 Å². The molecule has 0 saturated heterocycles. The molecule has 0 atom stereocenters. The molecular weight excluding hydrogens is 300 g/mol. The van der Waals surface area contributed by atoms with Crippen molar-refractivity contribution in [1.82, 2.24) is 0 Å². The Hall–Kier alpha value is -1.57. The molecule has 0 fully saturated rings. The second-order valence-electron chi connectivity index (χ2n) is 4.35. The highest BCUT2D eigenvalue weighted by atomic mass is 32.2. The van der Waals surface area contributed by atoms with E-state index in [9.17, 15) is 0 Å². The van der Waals surface area contributed by atoms with Crippen LogP contribution in [-0.2, 0) is 14.2 Å². The third-order valence-electron chi connectivity index (χ3n) is 2.74. The van der Waals surface area contributed by atoms with Crippen molar-refractivity contribution in [2.75, 3.05) is 45.9 Å². The van der Waals surface area contributed by atoms with Crippen LogP contribution in [0.4, 0.5) is 0 Å². The fourth-order valence-electron chi connectivity index (χ4n) is 1.62. The van der Waals surface area contributed by atoms with Gasteiger partial charge in [0.05, 0.1) is 37.6 Å². The number of methoxy groups -OCH3 is 1. The van der Waals surface area contributed by atoms with Gasteiger partial charge in [-0.05, 0) is 24.6 Å². The average Bonchev–Trinajstić information content (AvgIpc) is 2.56. The first-order chi connectivity index (χ1) is 10.8. The Morgan fingerprint density at radius 2 is 1.64 bits per heavy atom. The van der Waals surface area contributed by atoms with Gasteiger partial charge in [0.2, 0.25) is 0 Å².